The van der Waals surface area contributed by atoms with Crippen LogP contribution < -0.4 is 5.32 Å². The fourth-order valence-electron chi connectivity index (χ4n) is 2.99. The molecule has 2 atom stereocenters. The van der Waals surface area contributed by atoms with E-state index in [0.717, 1.165) is 5.69 Å². The summed E-state index contributed by atoms with van der Waals surface area (Å²) in [6.45, 7) is 1.90. The zero-order valence-corrected chi connectivity index (χ0v) is 15.0. The highest BCUT2D eigenvalue weighted by Crippen LogP contribution is 2.32. The fourth-order valence-corrected chi connectivity index (χ4v) is 4.61. The molecular formula is C18H21N3O3S. The van der Waals surface area contributed by atoms with Crippen LogP contribution in [0.3, 0.4) is 0 Å². The average molecular weight is 359 g/mol. The Hall–Kier alpha value is -2.41. The van der Waals surface area contributed by atoms with Crippen LogP contribution in [0.5, 0.6) is 0 Å². The molecule has 1 aromatic heterocycles. The summed E-state index contributed by atoms with van der Waals surface area (Å²) in [7, 11) is -1.56. The molecule has 0 spiro atoms. The second kappa shape index (κ2) is 6.84. The van der Waals surface area contributed by atoms with Gasteiger partial charge in [0.05, 0.1) is 28.4 Å². The number of hydrogen-bond donors (Lipinski definition) is 1. The van der Waals surface area contributed by atoms with E-state index in [9.17, 15) is 13.2 Å². The maximum atomic E-state index is 12.6. The normalized spacial score (nSPS) is 19.5. The molecule has 2 unspecified atom stereocenters. The second-order valence-electron chi connectivity index (χ2n) is 6.19. The van der Waals surface area contributed by atoms with Crippen molar-refractivity contribution >= 4 is 15.9 Å². The number of rotatable bonds is 3. The molecule has 0 aliphatic carbocycles. The van der Waals surface area contributed by atoms with Crippen LogP contribution in [-0.2, 0) is 9.84 Å². The van der Waals surface area contributed by atoms with E-state index in [0.29, 0.717) is 16.9 Å². The van der Waals surface area contributed by atoms with Gasteiger partial charge in [-0.2, -0.15) is 0 Å². The number of benzene rings is 1. The third-order valence-electron chi connectivity index (χ3n) is 4.62. The van der Waals surface area contributed by atoms with Crippen molar-refractivity contribution in [1.82, 2.24) is 15.2 Å². The lowest BCUT2D eigenvalue weighted by molar-refractivity contribution is 0.188. The summed E-state index contributed by atoms with van der Waals surface area (Å²) in [6.07, 6.45) is 2.07. The molecule has 2 aromatic rings. The Morgan fingerprint density at radius 2 is 1.96 bits per heavy atom. The summed E-state index contributed by atoms with van der Waals surface area (Å²) >= 11 is 0. The zero-order valence-electron chi connectivity index (χ0n) is 14.2. The monoisotopic (exact) mass is 359 g/mol. The highest BCUT2D eigenvalue weighted by atomic mass is 32.2. The van der Waals surface area contributed by atoms with Crippen molar-refractivity contribution in [3.05, 3.63) is 59.9 Å². The van der Waals surface area contributed by atoms with Crippen molar-refractivity contribution in [3.8, 4) is 0 Å². The van der Waals surface area contributed by atoms with E-state index in [1.807, 2.05) is 25.1 Å². The summed E-state index contributed by atoms with van der Waals surface area (Å²) < 4.78 is 24.4. The third-order valence-corrected chi connectivity index (χ3v) is 6.43. The Morgan fingerprint density at radius 3 is 2.68 bits per heavy atom. The molecule has 0 bridgehead atoms. The van der Waals surface area contributed by atoms with Crippen LogP contribution in [-0.4, -0.2) is 37.1 Å². The van der Waals surface area contributed by atoms with E-state index in [1.54, 1.807) is 42.4 Å². The highest BCUT2D eigenvalue weighted by Gasteiger charge is 2.31. The van der Waals surface area contributed by atoms with E-state index >= 15 is 0 Å². The minimum absolute atomic E-state index is 0.0362. The first-order chi connectivity index (χ1) is 11.9. The SMILES string of the molecule is CC(c1ccccn1)N(C)C(=O)NC1CCS(=O)(=O)c2ccccc21. The first-order valence-corrected chi connectivity index (χ1v) is 9.81. The number of sulfone groups is 1. The van der Waals surface area contributed by atoms with Gasteiger partial charge < -0.3 is 10.2 Å². The Labute approximate surface area is 147 Å². The number of carbonyl (C=O) groups is 1. The van der Waals surface area contributed by atoms with Crippen LogP contribution in [0, 0.1) is 0 Å². The molecule has 0 saturated heterocycles. The molecule has 25 heavy (non-hydrogen) atoms. The standard InChI is InChI=1S/C18H21N3O3S/c1-13(15-8-5-6-11-19-15)21(2)18(22)20-16-10-12-25(23,24)17-9-4-3-7-14(16)17/h3-9,11,13,16H,10,12H2,1-2H3,(H,20,22). The number of urea groups is 1. The van der Waals surface area contributed by atoms with Crippen molar-refractivity contribution in [3.63, 3.8) is 0 Å². The largest absolute Gasteiger partial charge is 0.331 e. The van der Waals surface area contributed by atoms with E-state index in [2.05, 4.69) is 10.3 Å². The van der Waals surface area contributed by atoms with E-state index in [4.69, 9.17) is 0 Å². The number of nitrogens with zero attached hydrogens (tertiary/aromatic N) is 2. The first-order valence-electron chi connectivity index (χ1n) is 8.16. The molecule has 7 heteroatoms. The Kier molecular flexibility index (Phi) is 4.76. The summed E-state index contributed by atoms with van der Waals surface area (Å²) in [6, 6.07) is 11.7. The van der Waals surface area contributed by atoms with Gasteiger partial charge in [0, 0.05) is 13.2 Å². The number of fused-ring (bicyclic) bond motifs is 1. The predicted octanol–water partition coefficient (Wildman–Crippen LogP) is 2.70. The summed E-state index contributed by atoms with van der Waals surface area (Å²) in [5, 5.41) is 2.96. The van der Waals surface area contributed by atoms with Crippen molar-refractivity contribution in [2.24, 2.45) is 0 Å². The zero-order chi connectivity index (χ0) is 18.0. The van der Waals surface area contributed by atoms with Gasteiger partial charge in [-0.25, -0.2) is 13.2 Å². The quantitative estimate of drug-likeness (QED) is 0.914. The van der Waals surface area contributed by atoms with Crippen molar-refractivity contribution in [1.29, 1.82) is 0 Å². The lowest BCUT2D eigenvalue weighted by Crippen LogP contribution is -2.42. The minimum atomic E-state index is -3.27. The number of hydrogen-bond acceptors (Lipinski definition) is 4. The van der Waals surface area contributed by atoms with Crippen LogP contribution in [0.15, 0.2) is 53.6 Å². The summed E-state index contributed by atoms with van der Waals surface area (Å²) in [4.78, 5) is 18.8. The Morgan fingerprint density at radius 1 is 1.24 bits per heavy atom. The molecule has 2 amide bonds. The van der Waals surface area contributed by atoms with Crippen LogP contribution >= 0.6 is 0 Å². The third kappa shape index (κ3) is 3.51. The molecule has 0 fully saturated rings. The lowest BCUT2D eigenvalue weighted by Gasteiger charge is -2.30. The van der Waals surface area contributed by atoms with Gasteiger partial charge in [0.15, 0.2) is 9.84 Å². The molecule has 132 valence electrons. The predicted molar refractivity (Wildman–Crippen MR) is 94.8 cm³/mol. The molecule has 1 aliphatic rings. The van der Waals surface area contributed by atoms with Gasteiger partial charge in [0.2, 0.25) is 0 Å². The van der Waals surface area contributed by atoms with Gasteiger partial charge in [0.1, 0.15) is 0 Å². The lowest BCUT2D eigenvalue weighted by atomic mass is 10.0. The van der Waals surface area contributed by atoms with Gasteiger partial charge in [-0.05, 0) is 37.1 Å². The maximum absolute atomic E-state index is 12.6. The summed E-state index contributed by atoms with van der Waals surface area (Å²) in [5.41, 5.74) is 1.45. The van der Waals surface area contributed by atoms with Gasteiger partial charge in [-0.1, -0.05) is 24.3 Å². The smallest absolute Gasteiger partial charge is 0.318 e. The number of carbonyl (C=O) groups excluding carboxylic acids is 1. The number of pyridine rings is 1. The molecule has 0 radical (unpaired) electrons. The van der Waals surface area contributed by atoms with Gasteiger partial charge in [-0.3, -0.25) is 4.98 Å². The molecule has 1 N–H and O–H groups in total. The first kappa shape index (κ1) is 17.4. The van der Waals surface area contributed by atoms with E-state index < -0.39 is 9.84 Å². The second-order valence-corrected chi connectivity index (χ2v) is 8.27. The molecule has 6 nitrogen and oxygen atoms in total. The topological polar surface area (TPSA) is 79.4 Å². The average Bonchev–Trinajstić information content (AvgIpc) is 2.63. The van der Waals surface area contributed by atoms with Crippen LogP contribution in [0.4, 0.5) is 4.79 Å². The van der Waals surface area contributed by atoms with Crippen molar-refractivity contribution in [2.45, 2.75) is 30.3 Å². The minimum Gasteiger partial charge on any atom is -0.331 e. The molecular weight excluding hydrogens is 338 g/mol. The fraction of sp³-hybridized carbons (Fsp3) is 0.333. The molecule has 1 aliphatic heterocycles. The van der Waals surface area contributed by atoms with Crippen LogP contribution in [0.1, 0.15) is 36.7 Å². The molecule has 0 saturated carbocycles. The van der Waals surface area contributed by atoms with Gasteiger partial charge in [-0.15, -0.1) is 0 Å². The number of amides is 2. The van der Waals surface area contributed by atoms with Crippen molar-refractivity contribution < 1.29 is 13.2 Å². The van der Waals surface area contributed by atoms with Gasteiger partial charge >= 0.3 is 6.03 Å². The summed E-state index contributed by atoms with van der Waals surface area (Å²) in [5.74, 6) is 0.0362. The van der Waals surface area contributed by atoms with E-state index in [-0.39, 0.29) is 23.9 Å². The number of aromatic nitrogens is 1. The number of nitrogens with one attached hydrogen (secondary N) is 1. The Bertz CT molecular complexity index is 868. The van der Waals surface area contributed by atoms with Crippen LogP contribution in [0.25, 0.3) is 0 Å². The molecule has 3 rings (SSSR count). The maximum Gasteiger partial charge on any atom is 0.318 e. The van der Waals surface area contributed by atoms with Gasteiger partial charge in [0.25, 0.3) is 0 Å². The van der Waals surface area contributed by atoms with Crippen LogP contribution in [0.2, 0.25) is 0 Å². The van der Waals surface area contributed by atoms with E-state index in [1.165, 1.54) is 0 Å². The highest BCUT2D eigenvalue weighted by molar-refractivity contribution is 7.91. The van der Waals surface area contributed by atoms with Crippen molar-refractivity contribution in [2.75, 3.05) is 12.8 Å². The molecule has 1 aromatic carbocycles. The Balaban J connectivity index is 1.77. The molecule has 2 heterocycles.